The Balaban J connectivity index is 2.44. The maximum Gasteiger partial charge on any atom is 0.144 e. The number of halogens is 1. The monoisotopic (exact) mass is 299 g/mol. The van der Waals surface area contributed by atoms with Crippen LogP contribution in [0.25, 0.3) is 0 Å². The lowest BCUT2D eigenvalue weighted by Gasteiger charge is -2.48. The zero-order valence-electron chi connectivity index (χ0n) is 12.1. The summed E-state index contributed by atoms with van der Waals surface area (Å²) in [5, 5.41) is 20.5. The molecule has 0 aromatic heterocycles. The summed E-state index contributed by atoms with van der Waals surface area (Å²) in [5.74, 6) is 0.558. The Morgan fingerprint density at radius 1 is 1.40 bits per heavy atom. The van der Waals surface area contributed by atoms with Gasteiger partial charge in [0.25, 0.3) is 0 Å². The number of rotatable bonds is 4. The van der Waals surface area contributed by atoms with Gasteiger partial charge in [0.05, 0.1) is 17.7 Å². The van der Waals surface area contributed by atoms with E-state index in [2.05, 4.69) is 0 Å². The van der Waals surface area contributed by atoms with Crippen molar-refractivity contribution in [2.45, 2.75) is 38.5 Å². The van der Waals surface area contributed by atoms with Crippen LogP contribution < -0.4 is 4.74 Å². The standard InChI is InChI=1S/C15H22ClNO3/c1-4-17(8-9-18)14-12(19)10-6-5-7-11(16)13(10)20-15(14,2)3/h5-7,12,14,18-19H,4,8-9H2,1-3H3. The van der Waals surface area contributed by atoms with Gasteiger partial charge >= 0.3 is 0 Å². The molecule has 0 fully saturated rings. The molecule has 1 aromatic carbocycles. The van der Waals surface area contributed by atoms with Gasteiger partial charge in [-0.25, -0.2) is 0 Å². The van der Waals surface area contributed by atoms with E-state index in [0.29, 0.717) is 22.9 Å². The molecule has 2 atom stereocenters. The number of hydrogen-bond acceptors (Lipinski definition) is 4. The molecule has 0 saturated carbocycles. The molecule has 5 heteroatoms. The van der Waals surface area contributed by atoms with E-state index in [4.69, 9.17) is 16.3 Å². The Bertz CT molecular complexity index is 478. The van der Waals surface area contributed by atoms with E-state index in [1.807, 2.05) is 37.8 Å². The Morgan fingerprint density at radius 3 is 2.70 bits per heavy atom. The van der Waals surface area contributed by atoms with Crippen LogP contribution >= 0.6 is 11.6 Å². The minimum absolute atomic E-state index is 0.0511. The summed E-state index contributed by atoms with van der Waals surface area (Å²) < 4.78 is 6.05. The van der Waals surface area contributed by atoms with E-state index < -0.39 is 11.7 Å². The second-order valence-corrected chi connectivity index (χ2v) is 6.01. The van der Waals surface area contributed by atoms with Crippen LogP contribution in [0.15, 0.2) is 18.2 Å². The van der Waals surface area contributed by atoms with Gasteiger partial charge in [-0.05, 0) is 26.5 Å². The van der Waals surface area contributed by atoms with E-state index in [0.717, 1.165) is 6.54 Å². The van der Waals surface area contributed by atoms with Gasteiger partial charge in [-0.15, -0.1) is 0 Å². The maximum absolute atomic E-state index is 10.7. The van der Waals surface area contributed by atoms with Gasteiger partial charge in [-0.3, -0.25) is 4.90 Å². The topological polar surface area (TPSA) is 52.9 Å². The first-order valence-electron chi connectivity index (χ1n) is 6.92. The highest BCUT2D eigenvalue weighted by Crippen LogP contribution is 2.45. The fraction of sp³-hybridized carbons (Fsp3) is 0.600. The summed E-state index contributed by atoms with van der Waals surface area (Å²) in [6, 6.07) is 5.17. The molecule has 1 aromatic rings. The third-order valence-electron chi connectivity index (χ3n) is 3.88. The molecule has 0 radical (unpaired) electrons. The van der Waals surface area contributed by atoms with Gasteiger partial charge in [-0.1, -0.05) is 30.7 Å². The van der Waals surface area contributed by atoms with Gasteiger partial charge < -0.3 is 14.9 Å². The molecule has 4 nitrogen and oxygen atoms in total. The number of aliphatic hydroxyl groups excluding tert-OH is 2. The third-order valence-corrected chi connectivity index (χ3v) is 4.18. The fourth-order valence-electron chi connectivity index (χ4n) is 3.00. The zero-order chi connectivity index (χ0) is 14.9. The molecule has 2 N–H and O–H groups in total. The molecule has 1 heterocycles. The molecule has 0 spiro atoms. The first kappa shape index (κ1) is 15.6. The van der Waals surface area contributed by atoms with Gasteiger partial charge in [0, 0.05) is 12.1 Å². The highest BCUT2D eigenvalue weighted by Gasteiger charge is 2.46. The number of para-hydroxylation sites is 1. The SMILES string of the molecule is CCN(CCO)C1C(O)c2cccc(Cl)c2OC1(C)C. The number of fused-ring (bicyclic) bond motifs is 1. The van der Waals surface area contributed by atoms with Crippen molar-refractivity contribution < 1.29 is 14.9 Å². The largest absolute Gasteiger partial charge is 0.484 e. The smallest absolute Gasteiger partial charge is 0.144 e. The predicted molar refractivity (Wildman–Crippen MR) is 79.2 cm³/mol. The zero-order valence-corrected chi connectivity index (χ0v) is 12.9. The van der Waals surface area contributed by atoms with Gasteiger partial charge in [-0.2, -0.15) is 0 Å². The molecule has 0 bridgehead atoms. The van der Waals surface area contributed by atoms with Crippen molar-refractivity contribution in [1.29, 1.82) is 0 Å². The van der Waals surface area contributed by atoms with Crippen LogP contribution in [0.1, 0.15) is 32.4 Å². The van der Waals surface area contributed by atoms with E-state index in [1.165, 1.54) is 0 Å². The van der Waals surface area contributed by atoms with E-state index >= 15 is 0 Å². The van der Waals surface area contributed by atoms with Crippen molar-refractivity contribution in [3.8, 4) is 5.75 Å². The summed E-state index contributed by atoms with van der Waals surface area (Å²) in [5.41, 5.74) is 0.112. The van der Waals surface area contributed by atoms with Crippen LogP contribution in [0.3, 0.4) is 0 Å². The van der Waals surface area contributed by atoms with E-state index in [-0.39, 0.29) is 12.6 Å². The van der Waals surface area contributed by atoms with Crippen molar-refractivity contribution in [2.24, 2.45) is 0 Å². The van der Waals surface area contributed by atoms with Crippen molar-refractivity contribution in [3.05, 3.63) is 28.8 Å². The summed E-state index contributed by atoms with van der Waals surface area (Å²) in [6.45, 7) is 7.16. The van der Waals surface area contributed by atoms with Crippen LogP contribution in [-0.2, 0) is 0 Å². The molecule has 0 amide bonds. The van der Waals surface area contributed by atoms with Crippen molar-refractivity contribution >= 4 is 11.6 Å². The first-order valence-corrected chi connectivity index (χ1v) is 7.30. The molecular formula is C15H22ClNO3. The summed E-state index contributed by atoms with van der Waals surface area (Å²) in [4.78, 5) is 2.04. The number of ether oxygens (including phenoxy) is 1. The van der Waals surface area contributed by atoms with E-state index in [9.17, 15) is 10.2 Å². The second-order valence-electron chi connectivity index (χ2n) is 5.61. The molecule has 2 rings (SSSR count). The average molecular weight is 300 g/mol. The molecule has 112 valence electrons. The number of likely N-dealkylation sites (N-methyl/N-ethyl adjacent to an activating group) is 1. The summed E-state index contributed by atoms with van der Waals surface area (Å²) >= 11 is 6.17. The normalized spacial score (nSPS) is 24.4. The van der Waals surface area contributed by atoms with Crippen molar-refractivity contribution in [1.82, 2.24) is 4.90 Å². The average Bonchev–Trinajstić information content (AvgIpc) is 2.38. The highest BCUT2D eigenvalue weighted by molar-refractivity contribution is 6.32. The Hall–Kier alpha value is -0.810. The van der Waals surface area contributed by atoms with Crippen LogP contribution in [0, 0.1) is 0 Å². The lowest BCUT2D eigenvalue weighted by atomic mass is 9.85. The molecule has 0 saturated heterocycles. The third kappa shape index (κ3) is 2.66. The number of nitrogens with zero attached hydrogens (tertiary/aromatic N) is 1. The summed E-state index contributed by atoms with van der Waals surface area (Å²) in [7, 11) is 0. The first-order chi connectivity index (χ1) is 9.42. The molecule has 1 aliphatic heterocycles. The maximum atomic E-state index is 10.7. The number of aliphatic hydroxyl groups is 2. The minimum Gasteiger partial charge on any atom is -0.484 e. The molecule has 0 aliphatic carbocycles. The summed E-state index contributed by atoms with van der Waals surface area (Å²) in [6.07, 6.45) is -0.695. The lowest BCUT2D eigenvalue weighted by molar-refractivity contribution is -0.0840. The molecule has 1 aliphatic rings. The Labute approximate surface area is 124 Å². The molecular weight excluding hydrogens is 278 g/mol. The minimum atomic E-state index is -0.695. The fourth-order valence-corrected chi connectivity index (χ4v) is 3.22. The predicted octanol–water partition coefficient (Wildman–Crippen LogP) is 2.23. The van der Waals surface area contributed by atoms with Crippen molar-refractivity contribution in [2.75, 3.05) is 19.7 Å². The van der Waals surface area contributed by atoms with Crippen LogP contribution in [0.2, 0.25) is 5.02 Å². The van der Waals surface area contributed by atoms with Gasteiger partial charge in [0.1, 0.15) is 17.5 Å². The molecule has 20 heavy (non-hydrogen) atoms. The van der Waals surface area contributed by atoms with Gasteiger partial charge in [0.2, 0.25) is 0 Å². The number of benzene rings is 1. The highest BCUT2D eigenvalue weighted by atomic mass is 35.5. The Kier molecular flexibility index (Phi) is 4.59. The van der Waals surface area contributed by atoms with Crippen LogP contribution in [-0.4, -0.2) is 46.5 Å². The van der Waals surface area contributed by atoms with E-state index in [1.54, 1.807) is 6.07 Å². The quantitative estimate of drug-likeness (QED) is 0.895. The molecule has 2 unspecified atom stereocenters. The Morgan fingerprint density at radius 2 is 2.10 bits per heavy atom. The van der Waals surface area contributed by atoms with Crippen LogP contribution in [0.4, 0.5) is 0 Å². The second kappa shape index (κ2) is 5.90. The van der Waals surface area contributed by atoms with Crippen LogP contribution in [0.5, 0.6) is 5.75 Å². The lowest BCUT2D eigenvalue weighted by Crippen LogP contribution is -2.58. The van der Waals surface area contributed by atoms with Crippen molar-refractivity contribution in [3.63, 3.8) is 0 Å². The number of hydrogen-bond donors (Lipinski definition) is 2. The van der Waals surface area contributed by atoms with Gasteiger partial charge in [0.15, 0.2) is 0 Å².